The van der Waals surface area contributed by atoms with Gasteiger partial charge < -0.3 is 52.0 Å². The number of carbonyl (C=O) groups is 8. The van der Waals surface area contributed by atoms with Gasteiger partial charge in [0.25, 0.3) is 15.9 Å². The maximum Gasteiger partial charge on any atom is 0.407 e. The number of alkyl carbamates (subject to hydrolysis) is 1. The second kappa shape index (κ2) is 26.4. The summed E-state index contributed by atoms with van der Waals surface area (Å²) in [6.45, 7) is 14.7. The molecule has 0 aliphatic carbocycles. The number of hydrogen-bond acceptors (Lipinski definition) is 13. The van der Waals surface area contributed by atoms with Gasteiger partial charge in [-0.25, -0.2) is 17.9 Å². The first-order valence-electron chi connectivity index (χ1n) is 23.5. The van der Waals surface area contributed by atoms with Crippen LogP contribution in [-0.4, -0.2) is 123 Å². The molecule has 0 radical (unpaired) electrons. The van der Waals surface area contributed by atoms with E-state index >= 15 is 0 Å². The van der Waals surface area contributed by atoms with Crippen molar-refractivity contribution in [3.8, 4) is 0 Å². The summed E-state index contributed by atoms with van der Waals surface area (Å²) in [5.74, 6) is -5.96. The van der Waals surface area contributed by atoms with Crippen LogP contribution >= 0.6 is 0 Å². The smallest absolute Gasteiger partial charge is 0.407 e. The Bertz CT molecular complexity index is 2380. The number of nitrogens with zero attached hydrogens (tertiary/aromatic N) is 2. The molecule has 22 nitrogen and oxygen atoms in total. The lowest BCUT2D eigenvalue weighted by Crippen LogP contribution is -2.57. The molecule has 2 aromatic carbocycles. The van der Waals surface area contributed by atoms with Crippen molar-refractivity contribution in [3.63, 3.8) is 0 Å². The Labute approximate surface area is 416 Å². The number of esters is 1. The molecule has 1 aliphatic rings. The maximum atomic E-state index is 14.3. The van der Waals surface area contributed by atoms with Crippen LogP contribution in [0.3, 0.4) is 0 Å². The maximum absolute atomic E-state index is 14.3. The van der Waals surface area contributed by atoms with Gasteiger partial charge in [-0.1, -0.05) is 38.0 Å². The highest BCUT2D eigenvalue weighted by Gasteiger charge is 2.35. The number of aliphatic imine (C=N–C) groups is 1. The topological polar surface area (TPSA) is 315 Å². The quantitative estimate of drug-likeness (QED) is 0.0520. The first-order valence-corrected chi connectivity index (χ1v) is 25.0. The van der Waals surface area contributed by atoms with E-state index in [1.807, 2.05) is 0 Å². The normalized spacial score (nSPS) is 18.0. The summed E-state index contributed by atoms with van der Waals surface area (Å²) in [4.78, 5) is 113. The third kappa shape index (κ3) is 21.0. The molecule has 9 N–H and O–H groups in total. The van der Waals surface area contributed by atoms with E-state index in [0.29, 0.717) is 31.4 Å². The van der Waals surface area contributed by atoms with Crippen LogP contribution < -0.4 is 42.4 Å². The van der Waals surface area contributed by atoms with Gasteiger partial charge in [-0.15, -0.1) is 0 Å². The standard InChI is InChI=1S/C48H72N10O12S/c1-29(2)40-44(65)58(10)36(15-14-22-50-45(49)57-71(67,68)34-19-17-30(3)18-20-34)43(64)53-28-38(60)55-35(26-39(61)69-47(4,5)6)42(63)52-27-31-23-32(41(62)56-40)25-33(24-31)54-37(59)16-12-11-13-21-51-46(66)70-48(7,8)9/h17-20,23-25,29,35-36,40H,11-16,21-22,26-28H2,1-10H3,(H,51,66)(H,52,63)(H,53,64)(H,54,59)(H,55,60)(H,56,62)(H3,49,50,57)/t35-,36-,40+/m0/s1. The zero-order valence-corrected chi connectivity index (χ0v) is 43.2. The van der Waals surface area contributed by atoms with Gasteiger partial charge in [0, 0.05) is 44.4 Å². The van der Waals surface area contributed by atoms with E-state index in [2.05, 4.69) is 41.6 Å². The second-order valence-corrected chi connectivity index (χ2v) is 21.2. The van der Waals surface area contributed by atoms with Crippen molar-refractivity contribution in [2.75, 3.05) is 32.0 Å². The molecule has 2 bridgehead atoms. The average Bonchev–Trinajstić information content (AvgIpc) is 3.25. The highest BCUT2D eigenvalue weighted by molar-refractivity contribution is 7.90. The van der Waals surface area contributed by atoms with Crippen molar-refractivity contribution in [2.24, 2.45) is 16.6 Å². The van der Waals surface area contributed by atoms with Crippen LogP contribution in [0, 0.1) is 12.8 Å². The van der Waals surface area contributed by atoms with Crippen LogP contribution in [0.2, 0.25) is 0 Å². The van der Waals surface area contributed by atoms with E-state index in [9.17, 15) is 46.8 Å². The number of rotatable bonds is 16. The average molecular weight is 1010 g/mol. The minimum absolute atomic E-state index is 0.00355. The molecule has 7 amide bonds. The van der Waals surface area contributed by atoms with Crippen molar-refractivity contribution < 1.29 is 56.2 Å². The number of benzene rings is 2. The first kappa shape index (κ1) is 58.5. The lowest BCUT2D eigenvalue weighted by molar-refractivity contribution is -0.156. The number of amides is 7. The molecule has 71 heavy (non-hydrogen) atoms. The number of guanidine groups is 1. The van der Waals surface area contributed by atoms with Crippen molar-refractivity contribution in [1.29, 1.82) is 0 Å². The summed E-state index contributed by atoms with van der Waals surface area (Å²) < 4.78 is 38.6. The summed E-state index contributed by atoms with van der Waals surface area (Å²) in [6.07, 6.45) is 0.630. The molecule has 392 valence electrons. The van der Waals surface area contributed by atoms with Gasteiger partial charge in [0.05, 0.1) is 17.9 Å². The summed E-state index contributed by atoms with van der Waals surface area (Å²) in [5, 5.41) is 15.9. The molecule has 2 aromatic rings. The number of carbonyl (C=O) groups excluding carboxylic acids is 8. The Hall–Kier alpha value is -6.78. The summed E-state index contributed by atoms with van der Waals surface area (Å²) in [7, 11) is -2.70. The highest BCUT2D eigenvalue weighted by Crippen LogP contribution is 2.20. The van der Waals surface area contributed by atoms with E-state index in [1.54, 1.807) is 74.4 Å². The summed E-state index contributed by atoms with van der Waals surface area (Å²) >= 11 is 0. The Morgan fingerprint density at radius 2 is 1.51 bits per heavy atom. The van der Waals surface area contributed by atoms with Gasteiger partial charge in [-0.2, -0.15) is 0 Å². The lowest BCUT2D eigenvalue weighted by atomic mass is 9.99. The Morgan fingerprint density at radius 1 is 0.859 bits per heavy atom. The van der Waals surface area contributed by atoms with Crippen LogP contribution in [0.4, 0.5) is 10.5 Å². The predicted octanol–water partition coefficient (Wildman–Crippen LogP) is 2.64. The number of fused-ring (bicyclic) bond motifs is 2. The highest BCUT2D eigenvalue weighted by atomic mass is 32.2. The molecule has 0 fully saturated rings. The molecule has 0 aromatic heterocycles. The zero-order valence-electron chi connectivity index (χ0n) is 42.4. The number of ether oxygens (including phenoxy) is 2. The molecule has 0 unspecified atom stereocenters. The Kier molecular flexibility index (Phi) is 21.8. The number of aryl methyl sites for hydroxylation is 1. The summed E-state index contributed by atoms with van der Waals surface area (Å²) in [5.41, 5.74) is 5.74. The number of nitrogens with two attached hydrogens (primary N) is 1. The fraction of sp³-hybridized carbons (Fsp3) is 0.562. The number of sulfonamides is 1. The van der Waals surface area contributed by atoms with Gasteiger partial charge in [0.15, 0.2) is 0 Å². The zero-order chi connectivity index (χ0) is 53.3. The van der Waals surface area contributed by atoms with Crippen molar-refractivity contribution >= 4 is 69.2 Å². The molecule has 1 heterocycles. The molecular formula is C48H72N10O12S. The van der Waals surface area contributed by atoms with Crippen molar-refractivity contribution in [2.45, 2.75) is 148 Å². The third-order valence-corrected chi connectivity index (χ3v) is 11.8. The van der Waals surface area contributed by atoms with Crippen LogP contribution in [-0.2, 0) is 54.8 Å². The fourth-order valence-corrected chi connectivity index (χ4v) is 7.91. The van der Waals surface area contributed by atoms with Crippen LogP contribution in [0.1, 0.15) is 122 Å². The molecule has 3 atom stereocenters. The lowest BCUT2D eigenvalue weighted by Gasteiger charge is -2.32. The molecule has 3 rings (SSSR count). The van der Waals surface area contributed by atoms with E-state index < -0.39 is 106 Å². The molecular weight excluding hydrogens is 941 g/mol. The Morgan fingerprint density at radius 3 is 2.14 bits per heavy atom. The SMILES string of the molecule is Cc1ccc(S(=O)(=O)NC(N)=NCCC[C@H]2C(=O)NCC(=O)N[C@@H](CC(=O)OC(C)(C)C)C(=O)NCc3cc(NC(=O)CCCCCNC(=O)OC(C)(C)C)cc(c3)C(=O)N[C@H](C(C)C)C(=O)N2C)cc1. The van der Waals surface area contributed by atoms with Gasteiger partial charge >= 0.3 is 12.1 Å². The van der Waals surface area contributed by atoms with Gasteiger partial charge in [-0.3, -0.25) is 38.6 Å². The van der Waals surface area contributed by atoms with Crippen LogP contribution in [0.5, 0.6) is 0 Å². The molecule has 0 saturated heterocycles. The number of hydrogen-bond donors (Lipinski definition) is 8. The van der Waals surface area contributed by atoms with Gasteiger partial charge in [-0.05, 0) is 116 Å². The molecule has 0 spiro atoms. The van der Waals surface area contributed by atoms with Crippen molar-refractivity contribution in [1.82, 2.24) is 36.2 Å². The molecule has 23 heteroatoms. The fourth-order valence-electron chi connectivity index (χ4n) is 6.96. The molecule has 1 aliphatic heterocycles. The number of anilines is 1. The monoisotopic (exact) mass is 1010 g/mol. The van der Waals surface area contributed by atoms with E-state index in [1.165, 1.54) is 37.4 Å². The van der Waals surface area contributed by atoms with Crippen LogP contribution in [0.15, 0.2) is 52.4 Å². The number of unbranched alkanes of at least 4 members (excludes halogenated alkanes) is 2. The van der Waals surface area contributed by atoms with Crippen LogP contribution in [0.25, 0.3) is 0 Å². The number of nitrogens with one attached hydrogen (secondary N) is 7. The van der Waals surface area contributed by atoms with E-state index in [-0.39, 0.29) is 54.4 Å². The predicted molar refractivity (Wildman–Crippen MR) is 265 cm³/mol. The van der Waals surface area contributed by atoms with Gasteiger partial charge in [0.2, 0.25) is 35.5 Å². The number of likely N-dealkylation sites (N-methyl/N-ethyl adjacent to an activating group) is 1. The van der Waals surface area contributed by atoms with Gasteiger partial charge in [0.1, 0.15) is 29.3 Å². The first-order chi connectivity index (χ1) is 33.0. The minimum Gasteiger partial charge on any atom is -0.460 e. The molecule has 0 saturated carbocycles. The second-order valence-electron chi connectivity index (χ2n) is 19.5. The summed E-state index contributed by atoms with van der Waals surface area (Å²) in [6, 6.07) is 6.50. The van der Waals surface area contributed by atoms with E-state index in [0.717, 1.165) is 10.5 Å². The third-order valence-electron chi connectivity index (χ3n) is 10.4. The van der Waals surface area contributed by atoms with E-state index in [4.69, 9.17) is 15.2 Å². The largest absolute Gasteiger partial charge is 0.460 e. The van der Waals surface area contributed by atoms with Crippen molar-refractivity contribution in [3.05, 3.63) is 59.2 Å². The Balaban J connectivity index is 1.92. The minimum atomic E-state index is -4.06.